The van der Waals surface area contributed by atoms with Gasteiger partial charge in [0.05, 0.1) is 15.8 Å². The summed E-state index contributed by atoms with van der Waals surface area (Å²) in [7, 11) is 0. The Morgan fingerprint density at radius 2 is 2.04 bits per heavy atom. The van der Waals surface area contributed by atoms with Gasteiger partial charge in [-0.2, -0.15) is 0 Å². The van der Waals surface area contributed by atoms with Gasteiger partial charge in [0, 0.05) is 17.2 Å². The second-order valence-corrected chi connectivity index (χ2v) is 6.43. The molecule has 142 valence electrons. The quantitative estimate of drug-likeness (QED) is 0.290. The van der Waals surface area contributed by atoms with Crippen molar-refractivity contribution in [1.82, 2.24) is 9.97 Å². The van der Waals surface area contributed by atoms with E-state index in [1.54, 1.807) is 12.1 Å². The molecule has 10 heteroatoms. The van der Waals surface area contributed by atoms with Crippen LogP contribution in [0.4, 0.5) is 5.69 Å². The molecule has 0 fully saturated rings. The number of nitro groups is 1. The van der Waals surface area contributed by atoms with Gasteiger partial charge in [0.25, 0.3) is 11.2 Å². The molecule has 0 aliphatic carbocycles. The number of fused-ring (bicyclic) bond motifs is 1. The van der Waals surface area contributed by atoms with Crippen LogP contribution in [0, 0.1) is 10.1 Å². The average molecular weight is 420 g/mol. The molecule has 2 aromatic carbocycles. The van der Waals surface area contributed by atoms with E-state index in [-0.39, 0.29) is 28.7 Å². The van der Waals surface area contributed by atoms with Crippen molar-refractivity contribution in [2.75, 3.05) is 0 Å². The Balaban J connectivity index is 1.70. The SMILES string of the molecule is O=C(/C=C/c1ccc(Cl)c([N+](=O)[O-])c1)OCc1nc2cc(Cl)ccc2c(=O)[nH]1. The van der Waals surface area contributed by atoms with E-state index in [0.717, 1.165) is 6.08 Å². The molecule has 1 aromatic heterocycles. The number of carbonyl (C=O) groups is 1. The first kappa shape index (κ1) is 19.5. The molecule has 0 spiro atoms. The molecule has 0 aliphatic rings. The fourth-order valence-corrected chi connectivity index (χ4v) is 2.71. The van der Waals surface area contributed by atoms with Crippen LogP contribution < -0.4 is 5.56 Å². The van der Waals surface area contributed by atoms with Crippen LogP contribution in [0.2, 0.25) is 10.0 Å². The summed E-state index contributed by atoms with van der Waals surface area (Å²) in [5.41, 5.74) is 0.136. The first-order valence-corrected chi connectivity index (χ1v) is 8.56. The number of rotatable bonds is 5. The number of benzene rings is 2. The summed E-state index contributed by atoms with van der Waals surface area (Å²) in [5.74, 6) is -0.560. The largest absolute Gasteiger partial charge is 0.454 e. The highest BCUT2D eigenvalue weighted by Gasteiger charge is 2.12. The number of nitrogens with one attached hydrogen (secondary N) is 1. The molecule has 28 heavy (non-hydrogen) atoms. The van der Waals surface area contributed by atoms with Gasteiger partial charge in [0.1, 0.15) is 17.5 Å². The van der Waals surface area contributed by atoms with E-state index in [2.05, 4.69) is 9.97 Å². The van der Waals surface area contributed by atoms with Gasteiger partial charge in [-0.25, -0.2) is 9.78 Å². The lowest BCUT2D eigenvalue weighted by molar-refractivity contribution is -0.384. The van der Waals surface area contributed by atoms with E-state index < -0.39 is 10.9 Å². The van der Waals surface area contributed by atoms with Gasteiger partial charge in [0.2, 0.25) is 0 Å². The molecule has 0 radical (unpaired) electrons. The van der Waals surface area contributed by atoms with Crippen molar-refractivity contribution in [3.05, 3.63) is 84.4 Å². The second kappa shape index (κ2) is 8.20. The molecule has 0 aliphatic heterocycles. The number of aromatic amines is 1. The van der Waals surface area contributed by atoms with Gasteiger partial charge in [-0.1, -0.05) is 29.3 Å². The molecule has 0 unspecified atom stereocenters. The van der Waals surface area contributed by atoms with Gasteiger partial charge >= 0.3 is 5.97 Å². The lowest BCUT2D eigenvalue weighted by Gasteiger charge is -2.04. The molecule has 0 atom stereocenters. The molecule has 0 amide bonds. The van der Waals surface area contributed by atoms with E-state index in [9.17, 15) is 19.7 Å². The fourth-order valence-electron chi connectivity index (χ4n) is 2.35. The minimum Gasteiger partial charge on any atom is -0.454 e. The Morgan fingerprint density at radius 3 is 2.79 bits per heavy atom. The van der Waals surface area contributed by atoms with Crippen LogP contribution in [0.5, 0.6) is 0 Å². The molecule has 3 rings (SSSR count). The number of halogens is 2. The number of hydrogen-bond acceptors (Lipinski definition) is 6. The molecule has 1 heterocycles. The number of nitrogens with zero attached hydrogens (tertiary/aromatic N) is 2. The normalized spacial score (nSPS) is 11.1. The molecule has 3 aromatic rings. The summed E-state index contributed by atoms with van der Waals surface area (Å²) in [6.45, 7) is -0.262. The topological polar surface area (TPSA) is 115 Å². The van der Waals surface area contributed by atoms with Crippen molar-refractivity contribution in [2.24, 2.45) is 0 Å². The molecule has 0 bridgehead atoms. The molecular formula is C18H11Cl2N3O5. The predicted molar refractivity (Wildman–Crippen MR) is 104 cm³/mol. The molecule has 8 nitrogen and oxygen atoms in total. The number of nitro benzene ring substituents is 1. The first-order valence-electron chi connectivity index (χ1n) is 7.81. The van der Waals surface area contributed by atoms with Crippen molar-refractivity contribution in [1.29, 1.82) is 0 Å². The standard InChI is InChI=1S/C18H11Cl2N3O5/c19-11-3-4-12-14(8-11)21-16(22-18(12)25)9-28-17(24)6-2-10-1-5-13(20)15(7-10)23(26)27/h1-8H,9H2,(H,21,22,25)/b6-2+. The zero-order chi connectivity index (χ0) is 20.3. The summed E-state index contributed by atoms with van der Waals surface area (Å²) in [5, 5.41) is 11.7. The van der Waals surface area contributed by atoms with Crippen LogP contribution in [-0.2, 0) is 16.1 Å². The summed E-state index contributed by atoms with van der Waals surface area (Å²) >= 11 is 11.6. The van der Waals surface area contributed by atoms with Crippen LogP contribution in [0.25, 0.3) is 17.0 Å². The number of hydrogen-bond donors (Lipinski definition) is 1. The fraction of sp³-hybridized carbons (Fsp3) is 0.0556. The number of ether oxygens (including phenoxy) is 1. The Kier molecular flexibility index (Phi) is 5.72. The third-order valence-corrected chi connectivity index (χ3v) is 4.20. The van der Waals surface area contributed by atoms with Crippen LogP contribution in [0.1, 0.15) is 11.4 Å². The van der Waals surface area contributed by atoms with Crippen LogP contribution >= 0.6 is 23.2 Å². The van der Waals surface area contributed by atoms with Crippen molar-refractivity contribution in [2.45, 2.75) is 6.61 Å². The summed E-state index contributed by atoms with van der Waals surface area (Å²) in [6.07, 6.45) is 2.45. The van der Waals surface area contributed by atoms with E-state index in [4.69, 9.17) is 27.9 Å². The number of esters is 1. The Labute approximate surface area is 167 Å². The summed E-state index contributed by atoms with van der Waals surface area (Å²) < 4.78 is 5.03. The van der Waals surface area contributed by atoms with Crippen LogP contribution in [-0.4, -0.2) is 20.9 Å². The highest BCUT2D eigenvalue weighted by atomic mass is 35.5. The third-order valence-electron chi connectivity index (χ3n) is 3.65. The molecule has 0 saturated carbocycles. The lowest BCUT2D eigenvalue weighted by atomic mass is 10.2. The first-order chi connectivity index (χ1) is 13.3. The smallest absolute Gasteiger partial charge is 0.331 e. The molecule has 0 saturated heterocycles. The number of aromatic nitrogens is 2. The zero-order valence-corrected chi connectivity index (χ0v) is 15.5. The van der Waals surface area contributed by atoms with E-state index in [1.165, 1.54) is 30.3 Å². The number of H-pyrrole nitrogens is 1. The maximum atomic E-state index is 12.0. The Morgan fingerprint density at radius 1 is 1.25 bits per heavy atom. The van der Waals surface area contributed by atoms with E-state index >= 15 is 0 Å². The van der Waals surface area contributed by atoms with Gasteiger partial charge in [-0.15, -0.1) is 0 Å². The van der Waals surface area contributed by atoms with Crippen LogP contribution in [0.3, 0.4) is 0 Å². The second-order valence-electron chi connectivity index (χ2n) is 5.58. The van der Waals surface area contributed by atoms with Gasteiger partial charge in [-0.3, -0.25) is 14.9 Å². The minimum atomic E-state index is -0.716. The highest BCUT2D eigenvalue weighted by molar-refractivity contribution is 6.32. The molecule has 1 N–H and O–H groups in total. The number of carbonyl (C=O) groups excluding carboxylic acids is 1. The van der Waals surface area contributed by atoms with Gasteiger partial charge < -0.3 is 9.72 Å². The lowest BCUT2D eigenvalue weighted by Crippen LogP contribution is -2.13. The molecular weight excluding hydrogens is 409 g/mol. The predicted octanol–water partition coefficient (Wildman–Crippen LogP) is 3.89. The average Bonchev–Trinajstić information content (AvgIpc) is 2.65. The van der Waals surface area contributed by atoms with Crippen molar-refractivity contribution in [3.8, 4) is 0 Å². The van der Waals surface area contributed by atoms with Crippen LogP contribution in [0.15, 0.2) is 47.3 Å². The Bertz CT molecular complexity index is 1170. The zero-order valence-electron chi connectivity index (χ0n) is 14.0. The van der Waals surface area contributed by atoms with E-state index in [0.29, 0.717) is 21.5 Å². The highest BCUT2D eigenvalue weighted by Crippen LogP contribution is 2.25. The third kappa shape index (κ3) is 4.54. The van der Waals surface area contributed by atoms with Crippen molar-refractivity contribution < 1.29 is 14.5 Å². The summed E-state index contributed by atoms with van der Waals surface area (Å²) in [6, 6.07) is 8.77. The maximum Gasteiger partial charge on any atom is 0.331 e. The summed E-state index contributed by atoms with van der Waals surface area (Å²) in [4.78, 5) is 40.9. The minimum absolute atomic E-state index is 0.00355. The van der Waals surface area contributed by atoms with Crippen molar-refractivity contribution in [3.63, 3.8) is 0 Å². The monoisotopic (exact) mass is 419 g/mol. The Hall–Kier alpha value is -3.23. The van der Waals surface area contributed by atoms with Gasteiger partial charge in [0.15, 0.2) is 0 Å². The maximum absolute atomic E-state index is 12.0. The van der Waals surface area contributed by atoms with Crippen molar-refractivity contribution >= 4 is 51.8 Å². The van der Waals surface area contributed by atoms with E-state index in [1.807, 2.05) is 0 Å². The van der Waals surface area contributed by atoms with Gasteiger partial charge in [-0.05, 0) is 35.9 Å².